The van der Waals surface area contributed by atoms with Crippen LogP contribution in [0.1, 0.15) is 17.2 Å². The van der Waals surface area contributed by atoms with Crippen LogP contribution in [0.5, 0.6) is 11.5 Å². The van der Waals surface area contributed by atoms with Crippen LogP contribution in [0.4, 0.5) is 4.39 Å². The van der Waals surface area contributed by atoms with Crippen molar-refractivity contribution in [2.75, 3.05) is 14.2 Å². The van der Waals surface area contributed by atoms with Crippen LogP contribution < -0.4 is 15.2 Å². The van der Waals surface area contributed by atoms with E-state index in [1.54, 1.807) is 30.3 Å². The van der Waals surface area contributed by atoms with Crippen LogP contribution >= 0.6 is 11.6 Å². The summed E-state index contributed by atoms with van der Waals surface area (Å²) in [5, 5.41) is 0.476. The molecular formula is C15H15ClFNO2. The number of rotatable bonds is 4. The fourth-order valence-corrected chi connectivity index (χ4v) is 2.23. The van der Waals surface area contributed by atoms with Crippen LogP contribution in [0.3, 0.4) is 0 Å². The second-order valence-corrected chi connectivity index (χ2v) is 4.63. The third kappa shape index (κ3) is 2.71. The Morgan fingerprint density at radius 2 is 1.80 bits per heavy atom. The van der Waals surface area contributed by atoms with E-state index in [-0.39, 0.29) is 0 Å². The van der Waals surface area contributed by atoms with E-state index in [1.165, 1.54) is 20.3 Å². The summed E-state index contributed by atoms with van der Waals surface area (Å²) < 4.78 is 24.3. The lowest BCUT2D eigenvalue weighted by Crippen LogP contribution is -2.15. The standard InChI is InChI=1S/C15H15ClFNO2/c1-19-12-5-3-4-11(17)14(12)15(18)9-6-7-10(16)13(8-9)20-2/h3-8,15H,18H2,1-2H3. The lowest BCUT2D eigenvalue weighted by Gasteiger charge is -2.17. The van der Waals surface area contributed by atoms with Gasteiger partial charge in [0.15, 0.2) is 0 Å². The minimum absolute atomic E-state index is 0.305. The van der Waals surface area contributed by atoms with Gasteiger partial charge in [0.05, 0.1) is 30.8 Å². The summed E-state index contributed by atoms with van der Waals surface area (Å²) in [6, 6.07) is 9.03. The quantitative estimate of drug-likeness (QED) is 0.938. The molecule has 0 aliphatic carbocycles. The molecule has 1 unspecified atom stereocenters. The number of ether oxygens (including phenoxy) is 2. The van der Waals surface area contributed by atoms with Gasteiger partial charge in [-0.2, -0.15) is 0 Å². The first-order valence-corrected chi connectivity index (χ1v) is 6.37. The number of hydrogen-bond donors (Lipinski definition) is 1. The van der Waals surface area contributed by atoms with Gasteiger partial charge in [-0.15, -0.1) is 0 Å². The van der Waals surface area contributed by atoms with Crippen molar-refractivity contribution < 1.29 is 13.9 Å². The van der Waals surface area contributed by atoms with Crippen molar-refractivity contribution in [1.29, 1.82) is 0 Å². The molecule has 0 aliphatic rings. The smallest absolute Gasteiger partial charge is 0.137 e. The van der Waals surface area contributed by atoms with E-state index in [9.17, 15) is 4.39 Å². The topological polar surface area (TPSA) is 44.5 Å². The molecule has 0 saturated heterocycles. The fraction of sp³-hybridized carbons (Fsp3) is 0.200. The number of benzene rings is 2. The van der Waals surface area contributed by atoms with Gasteiger partial charge in [0, 0.05) is 0 Å². The first-order valence-electron chi connectivity index (χ1n) is 6.00. The van der Waals surface area contributed by atoms with Crippen molar-refractivity contribution in [1.82, 2.24) is 0 Å². The van der Waals surface area contributed by atoms with Crippen molar-refractivity contribution in [3.8, 4) is 11.5 Å². The molecule has 0 aromatic heterocycles. The van der Waals surface area contributed by atoms with Gasteiger partial charge in [-0.25, -0.2) is 4.39 Å². The predicted octanol–water partition coefficient (Wildman–Crippen LogP) is 3.54. The van der Waals surface area contributed by atoms with Crippen molar-refractivity contribution in [2.45, 2.75) is 6.04 Å². The summed E-state index contributed by atoms with van der Waals surface area (Å²) in [6.07, 6.45) is 0. The molecule has 1 atom stereocenters. The second kappa shape index (κ2) is 6.11. The average Bonchev–Trinajstić information content (AvgIpc) is 2.46. The van der Waals surface area contributed by atoms with Crippen LogP contribution in [0.2, 0.25) is 5.02 Å². The summed E-state index contributed by atoms with van der Waals surface area (Å²) in [6.45, 7) is 0. The van der Waals surface area contributed by atoms with Gasteiger partial charge >= 0.3 is 0 Å². The Balaban J connectivity index is 2.48. The van der Waals surface area contributed by atoms with Crippen molar-refractivity contribution in [3.63, 3.8) is 0 Å². The van der Waals surface area contributed by atoms with Gasteiger partial charge < -0.3 is 15.2 Å². The Labute approximate surface area is 122 Å². The summed E-state index contributed by atoms with van der Waals surface area (Å²) >= 11 is 5.97. The van der Waals surface area contributed by atoms with Gasteiger partial charge in [0.2, 0.25) is 0 Å². The van der Waals surface area contributed by atoms with Crippen LogP contribution in [0, 0.1) is 5.82 Å². The molecule has 106 valence electrons. The number of halogens is 2. The van der Waals surface area contributed by atoms with Gasteiger partial charge in [-0.1, -0.05) is 23.7 Å². The molecule has 0 radical (unpaired) electrons. The molecule has 0 spiro atoms. The first kappa shape index (κ1) is 14.6. The van der Waals surface area contributed by atoms with E-state index in [0.717, 1.165) is 0 Å². The van der Waals surface area contributed by atoms with E-state index in [2.05, 4.69) is 0 Å². The summed E-state index contributed by atoms with van der Waals surface area (Å²) in [7, 11) is 2.99. The van der Waals surface area contributed by atoms with Gasteiger partial charge in [-0.3, -0.25) is 0 Å². The van der Waals surface area contributed by atoms with E-state index in [1.807, 2.05) is 0 Å². The Morgan fingerprint density at radius 1 is 1.10 bits per heavy atom. The van der Waals surface area contributed by atoms with E-state index < -0.39 is 11.9 Å². The van der Waals surface area contributed by atoms with Crippen LogP contribution in [-0.2, 0) is 0 Å². The molecule has 0 fully saturated rings. The first-order chi connectivity index (χ1) is 9.58. The Bertz CT molecular complexity index is 619. The summed E-state index contributed by atoms with van der Waals surface area (Å²) in [5.41, 5.74) is 7.14. The van der Waals surface area contributed by atoms with Crippen molar-refractivity contribution in [3.05, 3.63) is 58.4 Å². The zero-order valence-corrected chi connectivity index (χ0v) is 11.9. The molecule has 0 heterocycles. The van der Waals surface area contributed by atoms with E-state index in [4.69, 9.17) is 26.8 Å². The second-order valence-electron chi connectivity index (χ2n) is 4.23. The molecule has 2 rings (SSSR count). The Kier molecular flexibility index (Phi) is 4.47. The molecule has 20 heavy (non-hydrogen) atoms. The molecule has 2 aromatic carbocycles. The minimum Gasteiger partial charge on any atom is -0.496 e. The Hall–Kier alpha value is -1.78. The third-order valence-corrected chi connectivity index (χ3v) is 3.39. The number of hydrogen-bond acceptors (Lipinski definition) is 3. The SMILES string of the molecule is COc1cc(C(N)c2c(F)cccc2OC)ccc1Cl. The highest BCUT2D eigenvalue weighted by Crippen LogP contribution is 2.34. The molecule has 5 heteroatoms. The van der Waals surface area contributed by atoms with Gasteiger partial charge in [-0.05, 0) is 29.8 Å². The summed E-state index contributed by atoms with van der Waals surface area (Å²) in [5.74, 6) is 0.493. The molecule has 0 bridgehead atoms. The average molecular weight is 296 g/mol. The van der Waals surface area contributed by atoms with Crippen molar-refractivity contribution >= 4 is 11.6 Å². The molecule has 2 aromatic rings. The van der Waals surface area contributed by atoms with Gasteiger partial charge in [0.25, 0.3) is 0 Å². The predicted molar refractivity (Wildman–Crippen MR) is 77.0 cm³/mol. The molecule has 0 saturated carbocycles. The van der Waals surface area contributed by atoms with Crippen LogP contribution in [0.25, 0.3) is 0 Å². The zero-order chi connectivity index (χ0) is 14.7. The number of methoxy groups -OCH3 is 2. The fourth-order valence-electron chi connectivity index (χ4n) is 2.03. The zero-order valence-electron chi connectivity index (χ0n) is 11.2. The normalized spacial score (nSPS) is 12.1. The lowest BCUT2D eigenvalue weighted by atomic mass is 9.98. The highest BCUT2D eigenvalue weighted by atomic mass is 35.5. The highest BCUT2D eigenvalue weighted by Gasteiger charge is 2.19. The van der Waals surface area contributed by atoms with Gasteiger partial charge in [0.1, 0.15) is 17.3 Å². The maximum absolute atomic E-state index is 14.0. The number of nitrogens with two attached hydrogens (primary N) is 1. The minimum atomic E-state index is -0.669. The molecule has 2 N–H and O–H groups in total. The van der Waals surface area contributed by atoms with Crippen molar-refractivity contribution in [2.24, 2.45) is 5.73 Å². The maximum Gasteiger partial charge on any atom is 0.137 e. The largest absolute Gasteiger partial charge is 0.496 e. The molecule has 3 nitrogen and oxygen atoms in total. The summed E-state index contributed by atoms with van der Waals surface area (Å²) in [4.78, 5) is 0. The molecule has 0 amide bonds. The van der Waals surface area contributed by atoms with Crippen LogP contribution in [0.15, 0.2) is 36.4 Å². The highest BCUT2D eigenvalue weighted by molar-refractivity contribution is 6.32. The van der Waals surface area contributed by atoms with E-state index >= 15 is 0 Å². The lowest BCUT2D eigenvalue weighted by molar-refractivity contribution is 0.401. The van der Waals surface area contributed by atoms with E-state index in [0.29, 0.717) is 27.6 Å². The molecule has 0 aliphatic heterocycles. The maximum atomic E-state index is 14.0. The Morgan fingerprint density at radius 3 is 2.45 bits per heavy atom. The van der Waals surface area contributed by atoms with Crippen LogP contribution in [-0.4, -0.2) is 14.2 Å². The third-order valence-electron chi connectivity index (χ3n) is 3.08. The molecular weight excluding hydrogens is 281 g/mol. The monoisotopic (exact) mass is 295 g/mol.